The molecular formula is C24H29Cl2N5O4. The van der Waals surface area contributed by atoms with Crippen molar-refractivity contribution >= 4 is 34.8 Å². The standard InChI is InChI=1S/C24H29Cl2N5O4/c1-24(2,3)35-23(33)28-18(15-4-6-17(25)7-5-15)8-11-30-21(32)19-14-27-20(31(19)29-22(30)26)16-9-12-34-13-10-16/h4-7,14,16,18H,8-13H2,1-3H3,(H,28,33)/t18-/m1/s1. The average Bonchev–Trinajstić information content (AvgIpc) is 3.22. The number of fused-ring (bicyclic) bond motifs is 1. The van der Waals surface area contributed by atoms with Gasteiger partial charge in [0.2, 0.25) is 5.28 Å². The lowest BCUT2D eigenvalue weighted by atomic mass is 10.00. The summed E-state index contributed by atoms with van der Waals surface area (Å²) in [4.78, 5) is 30.2. The summed E-state index contributed by atoms with van der Waals surface area (Å²) in [5.41, 5.74) is 0.250. The van der Waals surface area contributed by atoms with Crippen molar-refractivity contribution in [3.8, 4) is 0 Å². The molecule has 0 aliphatic carbocycles. The maximum atomic E-state index is 13.3. The van der Waals surface area contributed by atoms with Crippen molar-refractivity contribution in [2.24, 2.45) is 0 Å². The first-order chi connectivity index (χ1) is 16.6. The number of hydrogen-bond donors (Lipinski definition) is 1. The minimum absolute atomic E-state index is 0.0564. The molecule has 2 aromatic heterocycles. The van der Waals surface area contributed by atoms with E-state index in [2.05, 4.69) is 15.4 Å². The van der Waals surface area contributed by atoms with Crippen LogP contribution < -0.4 is 10.9 Å². The van der Waals surface area contributed by atoms with E-state index in [-0.39, 0.29) is 23.3 Å². The molecule has 0 unspecified atom stereocenters. The molecule has 1 saturated heterocycles. The highest BCUT2D eigenvalue weighted by Crippen LogP contribution is 2.26. The molecule has 0 bridgehead atoms. The summed E-state index contributed by atoms with van der Waals surface area (Å²) in [6, 6.07) is 6.71. The number of amides is 1. The molecule has 11 heteroatoms. The van der Waals surface area contributed by atoms with Crippen molar-refractivity contribution < 1.29 is 14.3 Å². The lowest BCUT2D eigenvalue weighted by Gasteiger charge is -2.24. The number of nitrogens with zero attached hydrogens (tertiary/aromatic N) is 4. The summed E-state index contributed by atoms with van der Waals surface area (Å²) in [5, 5.41) is 7.99. The molecule has 1 aliphatic heterocycles. The molecule has 3 aromatic rings. The Morgan fingerprint density at radius 2 is 1.91 bits per heavy atom. The molecule has 3 heterocycles. The van der Waals surface area contributed by atoms with Crippen molar-refractivity contribution in [2.45, 2.75) is 64.1 Å². The van der Waals surface area contributed by atoms with E-state index in [0.717, 1.165) is 24.2 Å². The highest BCUT2D eigenvalue weighted by molar-refractivity contribution is 6.30. The number of halogens is 2. The van der Waals surface area contributed by atoms with Gasteiger partial charge in [-0.2, -0.15) is 0 Å². The van der Waals surface area contributed by atoms with Gasteiger partial charge in [0.1, 0.15) is 11.4 Å². The normalized spacial score (nSPS) is 15.8. The molecule has 0 radical (unpaired) electrons. The second-order valence-corrected chi connectivity index (χ2v) is 10.3. The Morgan fingerprint density at radius 3 is 2.57 bits per heavy atom. The molecule has 1 fully saturated rings. The Morgan fingerprint density at radius 1 is 1.23 bits per heavy atom. The van der Waals surface area contributed by atoms with Crippen molar-refractivity contribution in [3.05, 3.63) is 62.5 Å². The Bertz CT molecular complexity index is 1240. The van der Waals surface area contributed by atoms with Crippen LogP contribution in [0.2, 0.25) is 10.3 Å². The Balaban J connectivity index is 1.58. The molecule has 1 N–H and O–H groups in total. The summed E-state index contributed by atoms with van der Waals surface area (Å²) in [6.45, 7) is 6.92. The fraction of sp³-hybridized carbons (Fsp3) is 0.500. The van der Waals surface area contributed by atoms with E-state index in [1.165, 1.54) is 4.57 Å². The molecule has 188 valence electrons. The fourth-order valence-corrected chi connectivity index (χ4v) is 4.49. The first-order valence-corrected chi connectivity index (χ1v) is 12.3. The van der Waals surface area contributed by atoms with Crippen LogP contribution in [-0.4, -0.2) is 44.1 Å². The summed E-state index contributed by atoms with van der Waals surface area (Å²) >= 11 is 12.5. The van der Waals surface area contributed by atoms with Gasteiger partial charge in [-0.15, -0.1) is 5.10 Å². The number of carbonyl (C=O) groups excluding carboxylic acids is 1. The Hall–Kier alpha value is -2.62. The summed E-state index contributed by atoms with van der Waals surface area (Å²) < 4.78 is 13.8. The second kappa shape index (κ2) is 10.6. The van der Waals surface area contributed by atoms with Crippen LogP contribution in [-0.2, 0) is 16.0 Å². The third-order valence-corrected chi connectivity index (χ3v) is 6.36. The van der Waals surface area contributed by atoms with Crippen LogP contribution in [0.3, 0.4) is 0 Å². The molecule has 1 atom stereocenters. The molecule has 0 saturated carbocycles. The van der Waals surface area contributed by atoms with Crippen LogP contribution in [0.1, 0.15) is 63.4 Å². The van der Waals surface area contributed by atoms with E-state index in [1.807, 2.05) is 12.1 Å². The molecule has 1 aromatic carbocycles. The maximum Gasteiger partial charge on any atom is 0.408 e. The molecule has 9 nitrogen and oxygen atoms in total. The number of ether oxygens (including phenoxy) is 2. The predicted molar refractivity (Wildman–Crippen MR) is 133 cm³/mol. The van der Waals surface area contributed by atoms with E-state index in [1.54, 1.807) is 43.6 Å². The third-order valence-electron chi connectivity index (χ3n) is 5.82. The largest absolute Gasteiger partial charge is 0.444 e. The summed E-state index contributed by atoms with van der Waals surface area (Å²) in [6.07, 6.45) is 3.00. The predicted octanol–water partition coefficient (Wildman–Crippen LogP) is 4.75. The molecule has 1 aliphatic rings. The Kier molecular flexibility index (Phi) is 7.68. The van der Waals surface area contributed by atoms with E-state index < -0.39 is 17.7 Å². The number of hydrogen-bond acceptors (Lipinski definition) is 6. The van der Waals surface area contributed by atoms with Gasteiger partial charge in [-0.1, -0.05) is 23.7 Å². The van der Waals surface area contributed by atoms with Crippen LogP contribution in [0.4, 0.5) is 4.79 Å². The topological polar surface area (TPSA) is 99.8 Å². The van der Waals surface area contributed by atoms with Crippen molar-refractivity contribution in [3.63, 3.8) is 0 Å². The SMILES string of the molecule is CC(C)(C)OC(=O)N[C@H](CCn1c(Cl)nn2c(C3CCOCC3)ncc2c1=O)c1ccc(Cl)cc1. The molecule has 4 rings (SSSR count). The van der Waals surface area contributed by atoms with Crippen LogP contribution in [0.25, 0.3) is 5.52 Å². The average molecular weight is 522 g/mol. The van der Waals surface area contributed by atoms with Gasteiger partial charge in [0.05, 0.1) is 12.2 Å². The number of rotatable bonds is 6. The molecule has 0 spiro atoms. The minimum Gasteiger partial charge on any atom is -0.444 e. The van der Waals surface area contributed by atoms with E-state index in [9.17, 15) is 9.59 Å². The first-order valence-electron chi connectivity index (χ1n) is 11.6. The highest BCUT2D eigenvalue weighted by Gasteiger charge is 2.24. The van der Waals surface area contributed by atoms with E-state index in [4.69, 9.17) is 32.7 Å². The van der Waals surface area contributed by atoms with Crippen molar-refractivity contribution in [2.75, 3.05) is 13.2 Å². The van der Waals surface area contributed by atoms with Crippen LogP contribution in [0, 0.1) is 0 Å². The maximum absolute atomic E-state index is 13.3. The first kappa shape index (κ1) is 25.5. The van der Waals surface area contributed by atoms with Gasteiger partial charge in [-0.25, -0.2) is 14.3 Å². The number of imidazole rings is 1. The summed E-state index contributed by atoms with van der Waals surface area (Å²) in [7, 11) is 0. The number of alkyl carbamates (subject to hydrolysis) is 1. The smallest absolute Gasteiger partial charge is 0.408 e. The van der Waals surface area contributed by atoms with Crippen LogP contribution in [0.15, 0.2) is 35.3 Å². The lowest BCUT2D eigenvalue weighted by Crippen LogP contribution is -2.36. The van der Waals surface area contributed by atoms with Gasteiger partial charge in [-0.3, -0.25) is 9.36 Å². The van der Waals surface area contributed by atoms with Gasteiger partial charge in [-0.05, 0) is 69.3 Å². The van der Waals surface area contributed by atoms with E-state index in [0.29, 0.717) is 30.2 Å². The van der Waals surface area contributed by atoms with Crippen LogP contribution in [0.5, 0.6) is 0 Å². The molecular weight excluding hydrogens is 493 g/mol. The fourth-order valence-electron chi connectivity index (χ4n) is 4.12. The van der Waals surface area contributed by atoms with Crippen molar-refractivity contribution in [1.82, 2.24) is 24.5 Å². The number of aromatic nitrogens is 4. The number of carbonyl (C=O) groups is 1. The van der Waals surface area contributed by atoms with Gasteiger partial charge in [0.15, 0.2) is 5.52 Å². The minimum atomic E-state index is -0.645. The Labute approximate surface area is 213 Å². The van der Waals surface area contributed by atoms with Gasteiger partial charge in [0.25, 0.3) is 5.56 Å². The zero-order valence-corrected chi connectivity index (χ0v) is 21.5. The zero-order valence-electron chi connectivity index (χ0n) is 20.0. The molecule has 1 amide bonds. The number of benzene rings is 1. The molecule has 35 heavy (non-hydrogen) atoms. The van der Waals surface area contributed by atoms with E-state index >= 15 is 0 Å². The second-order valence-electron chi connectivity index (χ2n) is 9.56. The zero-order chi connectivity index (χ0) is 25.2. The highest BCUT2D eigenvalue weighted by atomic mass is 35.5. The summed E-state index contributed by atoms with van der Waals surface area (Å²) in [5.74, 6) is 0.887. The van der Waals surface area contributed by atoms with Crippen LogP contribution >= 0.6 is 23.2 Å². The lowest BCUT2D eigenvalue weighted by molar-refractivity contribution is 0.0499. The van der Waals surface area contributed by atoms with Gasteiger partial charge < -0.3 is 14.8 Å². The number of nitrogens with one attached hydrogen (secondary N) is 1. The quantitative estimate of drug-likeness (QED) is 0.502. The van der Waals surface area contributed by atoms with Gasteiger partial charge >= 0.3 is 6.09 Å². The van der Waals surface area contributed by atoms with Crippen molar-refractivity contribution in [1.29, 1.82) is 0 Å². The third kappa shape index (κ3) is 6.15. The van der Waals surface area contributed by atoms with Gasteiger partial charge in [0, 0.05) is 30.7 Å². The monoisotopic (exact) mass is 521 g/mol.